The molecule has 0 fully saturated rings. The van der Waals surface area contributed by atoms with E-state index in [1.807, 2.05) is 18.2 Å². The van der Waals surface area contributed by atoms with Crippen molar-refractivity contribution in [1.82, 2.24) is 14.9 Å². The van der Waals surface area contributed by atoms with Crippen molar-refractivity contribution in [2.24, 2.45) is 5.10 Å². The minimum Gasteiger partial charge on any atom is -0.250 e. The molecule has 0 aliphatic rings. The molecule has 0 unspecified atom stereocenters. The van der Waals surface area contributed by atoms with Gasteiger partial charge in [0.05, 0.1) is 6.21 Å². The Morgan fingerprint density at radius 1 is 1.47 bits per heavy atom. The van der Waals surface area contributed by atoms with E-state index in [0.29, 0.717) is 9.79 Å². The molecule has 0 aliphatic heterocycles. The van der Waals surface area contributed by atoms with E-state index in [0.717, 1.165) is 5.56 Å². The van der Waals surface area contributed by atoms with Gasteiger partial charge in [0, 0.05) is 10.6 Å². The smallest absolute Gasteiger partial charge is 0.216 e. The Morgan fingerprint density at radius 3 is 2.93 bits per heavy atom. The first-order chi connectivity index (χ1) is 7.27. The van der Waals surface area contributed by atoms with Gasteiger partial charge in [-0.15, -0.1) is 0 Å². The molecule has 0 bridgehead atoms. The maximum Gasteiger partial charge on any atom is 0.216 e. The molecule has 0 aliphatic carbocycles. The lowest BCUT2D eigenvalue weighted by Gasteiger charge is -1.95. The van der Waals surface area contributed by atoms with Gasteiger partial charge in [-0.1, -0.05) is 29.8 Å². The second-order valence-electron chi connectivity index (χ2n) is 2.77. The minimum atomic E-state index is 0.443. The number of nitrogens with zero attached hydrogens (tertiary/aromatic N) is 3. The SMILES string of the molecule is S=c1[nH]ncn1N=Cc1ccccc1Cl. The summed E-state index contributed by atoms with van der Waals surface area (Å²) >= 11 is 10.9. The zero-order chi connectivity index (χ0) is 10.7. The Labute approximate surface area is 96.2 Å². The van der Waals surface area contributed by atoms with Crippen LogP contribution in [0.25, 0.3) is 0 Å². The fourth-order valence-electron chi connectivity index (χ4n) is 1.03. The van der Waals surface area contributed by atoms with Crippen LogP contribution in [0, 0.1) is 4.77 Å². The summed E-state index contributed by atoms with van der Waals surface area (Å²) in [6.45, 7) is 0. The van der Waals surface area contributed by atoms with Crippen molar-refractivity contribution in [2.75, 3.05) is 0 Å². The van der Waals surface area contributed by atoms with E-state index in [9.17, 15) is 0 Å². The number of H-pyrrole nitrogens is 1. The van der Waals surface area contributed by atoms with Crippen LogP contribution in [0.5, 0.6) is 0 Å². The van der Waals surface area contributed by atoms with Crippen LogP contribution < -0.4 is 0 Å². The minimum absolute atomic E-state index is 0.443. The van der Waals surface area contributed by atoms with Gasteiger partial charge in [0.2, 0.25) is 4.77 Å². The highest BCUT2D eigenvalue weighted by atomic mass is 35.5. The van der Waals surface area contributed by atoms with Crippen LogP contribution in [0.4, 0.5) is 0 Å². The molecule has 1 heterocycles. The number of benzene rings is 1. The molecule has 1 N–H and O–H groups in total. The highest BCUT2D eigenvalue weighted by Crippen LogP contribution is 2.12. The molecule has 2 rings (SSSR count). The van der Waals surface area contributed by atoms with E-state index in [2.05, 4.69) is 15.3 Å². The summed E-state index contributed by atoms with van der Waals surface area (Å²) in [5.74, 6) is 0. The molecule has 6 heteroatoms. The number of aromatic nitrogens is 3. The standard InChI is InChI=1S/C9H7ClN4S/c10-8-4-2-1-3-7(8)5-12-14-6-11-13-9(14)15/h1-6H,(H,13,15). The third-order valence-electron chi connectivity index (χ3n) is 1.76. The molecule has 1 aromatic carbocycles. The molecule has 0 amide bonds. The fraction of sp³-hybridized carbons (Fsp3) is 0. The van der Waals surface area contributed by atoms with Crippen LogP contribution in [-0.2, 0) is 0 Å². The van der Waals surface area contributed by atoms with E-state index in [1.165, 1.54) is 11.0 Å². The third-order valence-corrected chi connectivity index (χ3v) is 2.38. The van der Waals surface area contributed by atoms with Gasteiger partial charge in [-0.05, 0) is 18.3 Å². The lowest BCUT2D eigenvalue weighted by molar-refractivity contribution is 0.863. The number of halogens is 1. The Morgan fingerprint density at radius 2 is 2.27 bits per heavy atom. The molecule has 0 saturated carbocycles. The first kappa shape index (κ1) is 10.1. The average molecular weight is 239 g/mol. The molecule has 0 spiro atoms. The molecule has 15 heavy (non-hydrogen) atoms. The Kier molecular flexibility index (Phi) is 2.94. The normalized spacial score (nSPS) is 11.0. The Bertz CT molecular complexity index is 543. The molecule has 0 saturated heterocycles. The van der Waals surface area contributed by atoms with Gasteiger partial charge in [-0.2, -0.15) is 14.9 Å². The van der Waals surface area contributed by atoms with E-state index in [-0.39, 0.29) is 0 Å². The van der Waals surface area contributed by atoms with Gasteiger partial charge >= 0.3 is 0 Å². The van der Waals surface area contributed by atoms with Gasteiger partial charge in [0.25, 0.3) is 0 Å². The van der Waals surface area contributed by atoms with Gasteiger partial charge < -0.3 is 0 Å². The number of rotatable bonds is 2. The van der Waals surface area contributed by atoms with Gasteiger partial charge in [0.1, 0.15) is 6.33 Å². The summed E-state index contributed by atoms with van der Waals surface area (Å²) < 4.78 is 1.90. The first-order valence-electron chi connectivity index (χ1n) is 4.18. The Hall–Kier alpha value is -1.46. The summed E-state index contributed by atoms with van der Waals surface area (Å²) in [6, 6.07) is 7.43. The summed E-state index contributed by atoms with van der Waals surface area (Å²) in [5.41, 5.74) is 0.835. The average Bonchev–Trinajstić information content (AvgIpc) is 2.63. The zero-order valence-corrected chi connectivity index (χ0v) is 9.16. The molecular formula is C9H7ClN4S. The number of nitrogens with one attached hydrogen (secondary N) is 1. The number of hydrogen-bond acceptors (Lipinski definition) is 3. The number of hydrogen-bond donors (Lipinski definition) is 1. The molecule has 2 aromatic rings. The first-order valence-corrected chi connectivity index (χ1v) is 4.97. The molecule has 1 aromatic heterocycles. The third kappa shape index (κ3) is 2.31. The summed E-state index contributed by atoms with van der Waals surface area (Å²) in [4.78, 5) is 0. The van der Waals surface area contributed by atoms with E-state index in [4.69, 9.17) is 23.8 Å². The van der Waals surface area contributed by atoms with Crippen molar-refractivity contribution in [3.8, 4) is 0 Å². The second kappa shape index (κ2) is 4.37. The van der Waals surface area contributed by atoms with Gasteiger partial charge in [-0.25, -0.2) is 0 Å². The van der Waals surface area contributed by atoms with Crippen molar-refractivity contribution in [2.45, 2.75) is 0 Å². The van der Waals surface area contributed by atoms with Crippen LogP contribution in [0.3, 0.4) is 0 Å². The van der Waals surface area contributed by atoms with Crippen LogP contribution in [-0.4, -0.2) is 21.1 Å². The highest BCUT2D eigenvalue weighted by molar-refractivity contribution is 7.71. The molecule has 76 valence electrons. The van der Waals surface area contributed by atoms with Crippen LogP contribution in [0.2, 0.25) is 5.02 Å². The number of aromatic amines is 1. The van der Waals surface area contributed by atoms with Gasteiger partial charge in [-0.3, -0.25) is 5.10 Å². The largest absolute Gasteiger partial charge is 0.250 e. The lowest BCUT2D eigenvalue weighted by atomic mass is 10.2. The topological polar surface area (TPSA) is 46.0 Å². The highest BCUT2D eigenvalue weighted by Gasteiger charge is 1.94. The monoisotopic (exact) mass is 238 g/mol. The zero-order valence-electron chi connectivity index (χ0n) is 7.59. The van der Waals surface area contributed by atoms with E-state index >= 15 is 0 Å². The van der Waals surface area contributed by atoms with E-state index < -0.39 is 0 Å². The van der Waals surface area contributed by atoms with Crippen molar-refractivity contribution in [3.05, 3.63) is 45.9 Å². The predicted molar refractivity (Wildman–Crippen MR) is 61.9 cm³/mol. The Balaban J connectivity index is 2.30. The van der Waals surface area contributed by atoms with Crippen molar-refractivity contribution in [1.29, 1.82) is 0 Å². The molecular weight excluding hydrogens is 232 g/mol. The summed E-state index contributed by atoms with van der Waals surface area (Å²) in [6.07, 6.45) is 3.13. The predicted octanol–water partition coefficient (Wildman–Crippen LogP) is 2.48. The summed E-state index contributed by atoms with van der Waals surface area (Å²) in [7, 11) is 0. The van der Waals surface area contributed by atoms with Crippen molar-refractivity contribution in [3.63, 3.8) is 0 Å². The van der Waals surface area contributed by atoms with Crippen molar-refractivity contribution < 1.29 is 0 Å². The molecule has 4 nitrogen and oxygen atoms in total. The molecule has 0 atom stereocenters. The second-order valence-corrected chi connectivity index (χ2v) is 3.57. The van der Waals surface area contributed by atoms with Crippen LogP contribution in [0.1, 0.15) is 5.56 Å². The summed E-state index contributed by atoms with van der Waals surface area (Å²) in [5, 5.41) is 11.1. The van der Waals surface area contributed by atoms with Crippen LogP contribution >= 0.6 is 23.8 Å². The van der Waals surface area contributed by atoms with Crippen LogP contribution in [0.15, 0.2) is 35.7 Å². The van der Waals surface area contributed by atoms with E-state index in [1.54, 1.807) is 12.3 Å². The van der Waals surface area contributed by atoms with Gasteiger partial charge in [0.15, 0.2) is 0 Å². The fourth-order valence-corrected chi connectivity index (χ4v) is 1.36. The maximum atomic E-state index is 5.95. The molecule has 0 radical (unpaired) electrons. The van der Waals surface area contributed by atoms with Crippen molar-refractivity contribution >= 4 is 30.0 Å². The quantitative estimate of drug-likeness (QED) is 0.645. The maximum absolute atomic E-state index is 5.95. The lowest BCUT2D eigenvalue weighted by Crippen LogP contribution is -1.89.